The Balaban J connectivity index is 1.29. The fourth-order valence-electron chi connectivity index (χ4n) is 8.98. The van der Waals surface area contributed by atoms with Crippen molar-refractivity contribution in [2.75, 3.05) is 0 Å². The SMILES string of the molecule is CC(=O)[C@@H]1CCC[C@H]2[C@@H]3CC[C@H]4C[C@H](OC(=O)c5ccccc5)CC[C@]4(C)[C@H]3CC[C@]12C. The van der Waals surface area contributed by atoms with E-state index in [0.717, 1.165) is 37.0 Å². The van der Waals surface area contributed by atoms with E-state index in [1.165, 1.54) is 44.9 Å². The number of carbonyl (C=O) groups is 2. The average molecular weight is 437 g/mol. The molecule has 4 aliphatic rings. The molecular weight excluding hydrogens is 396 g/mol. The van der Waals surface area contributed by atoms with Crippen molar-refractivity contribution in [1.29, 1.82) is 0 Å². The first-order chi connectivity index (χ1) is 15.3. The largest absolute Gasteiger partial charge is 0.459 e. The molecule has 1 aromatic carbocycles. The number of rotatable bonds is 3. The molecule has 8 atom stereocenters. The van der Waals surface area contributed by atoms with Gasteiger partial charge in [0.15, 0.2) is 0 Å². The quantitative estimate of drug-likeness (QED) is 0.487. The Hall–Kier alpha value is -1.64. The summed E-state index contributed by atoms with van der Waals surface area (Å²) in [5.41, 5.74) is 1.24. The van der Waals surface area contributed by atoms with Crippen LogP contribution in [-0.4, -0.2) is 17.9 Å². The number of ether oxygens (including phenoxy) is 1. The van der Waals surface area contributed by atoms with Gasteiger partial charge in [0.2, 0.25) is 0 Å². The lowest BCUT2D eigenvalue weighted by molar-refractivity contribution is -0.159. The average Bonchev–Trinajstić information content (AvgIpc) is 2.78. The monoisotopic (exact) mass is 436 g/mol. The molecule has 0 bridgehead atoms. The summed E-state index contributed by atoms with van der Waals surface area (Å²) in [4.78, 5) is 25.1. The molecule has 0 radical (unpaired) electrons. The minimum atomic E-state index is -0.168. The number of hydrogen-bond acceptors (Lipinski definition) is 3. The van der Waals surface area contributed by atoms with Crippen LogP contribution in [0.1, 0.15) is 95.3 Å². The third-order valence-corrected chi connectivity index (χ3v) is 10.6. The van der Waals surface area contributed by atoms with Crippen molar-refractivity contribution in [3.8, 4) is 0 Å². The zero-order chi connectivity index (χ0) is 22.5. The Labute approximate surface area is 193 Å². The van der Waals surface area contributed by atoms with Gasteiger partial charge in [-0.25, -0.2) is 4.79 Å². The second-order valence-corrected chi connectivity index (χ2v) is 12.0. The Morgan fingerprint density at radius 1 is 0.875 bits per heavy atom. The van der Waals surface area contributed by atoms with E-state index in [2.05, 4.69) is 13.8 Å². The third kappa shape index (κ3) is 3.55. The molecule has 0 aliphatic heterocycles. The van der Waals surface area contributed by atoms with E-state index >= 15 is 0 Å². The molecule has 0 heterocycles. The second kappa shape index (κ2) is 8.29. The van der Waals surface area contributed by atoms with Gasteiger partial charge >= 0.3 is 5.97 Å². The Morgan fingerprint density at radius 3 is 2.34 bits per heavy atom. The summed E-state index contributed by atoms with van der Waals surface area (Å²) in [7, 11) is 0. The minimum absolute atomic E-state index is 0.0583. The summed E-state index contributed by atoms with van der Waals surface area (Å²) in [6.07, 6.45) is 12.0. The molecule has 0 spiro atoms. The van der Waals surface area contributed by atoms with Crippen LogP contribution in [0.3, 0.4) is 0 Å². The third-order valence-electron chi connectivity index (χ3n) is 10.6. The summed E-state index contributed by atoms with van der Waals surface area (Å²) < 4.78 is 5.97. The van der Waals surface area contributed by atoms with Gasteiger partial charge in [-0.3, -0.25) is 4.79 Å². The maximum atomic E-state index is 12.6. The van der Waals surface area contributed by atoms with Crippen molar-refractivity contribution in [3.63, 3.8) is 0 Å². The fourth-order valence-corrected chi connectivity index (χ4v) is 8.98. The van der Waals surface area contributed by atoms with Gasteiger partial charge in [-0.15, -0.1) is 0 Å². The van der Waals surface area contributed by atoms with Crippen LogP contribution in [0.5, 0.6) is 0 Å². The lowest BCUT2D eigenvalue weighted by atomic mass is 9.41. The smallest absolute Gasteiger partial charge is 0.338 e. The van der Waals surface area contributed by atoms with Crippen LogP contribution in [0.2, 0.25) is 0 Å². The van der Waals surface area contributed by atoms with E-state index in [-0.39, 0.29) is 23.4 Å². The van der Waals surface area contributed by atoms with Gasteiger partial charge < -0.3 is 4.74 Å². The van der Waals surface area contributed by atoms with E-state index in [0.29, 0.717) is 22.7 Å². The Kier molecular flexibility index (Phi) is 5.75. The standard InChI is InChI=1S/C29H40O3/c1-19(30)24-10-7-11-25-23-13-12-21-18-22(32-27(31)20-8-5-4-6-9-20)14-16-28(21,2)26(23)15-17-29(24,25)3/h4-6,8-9,21-26H,7,10-18H2,1-3H3/t21-,22+,23-,24-,25-,26-,28-,29+/m0/s1. The highest BCUT2D eigenvalue weighted by molar-refractivity contribution is 5.89. The van der Waals surface area contributed by atoms with Gasteiger partial charge in [0.25, 0.3) is 0 Å². The summed E-state index contributed by atoms with van der Waals surface area (Å²) in [5.74, 6) is 3.46. The van der Waals surface area contributed by atoms with Crippen molar-refractivity contribution in [2.24, 2.45) is 40.4 Å². The molecule has 0 N–H and O–H groups in total. The van der Waals surface area contributed by atoms with Gasteiger partial charge in [-0.2, -0.15) is 0 Å². The van der Waals surface area contributed by atoms with Crippen LogP contribution < -0.4 is 0 Å². The van der Waals surface area contributed by atoms with E-state index in [4.69, 9.17) is 4.74 Å². The molecule has 0 aromatic heterocycles. The highest BCUT2D eigenvalue weighted by atomic mass is 16.5. The van der Waals surface area contributed by atoms with Gasteiger partial charge in [-0.05, 0) is 111 Å². The van der Waals surface area contributed by atoms with Gasteiger partial charge in [-0.1, -0.05) is 38.5 Å². The van der Waals surface area contributed by atoms with Crippen LogP contribution in [0, 0.1) is 40.4 Å². The molecule has 174 valence electrons. The first-order valence-electron chi connectivity index (χ1n) is 13.1. The maximum absolute atomic E-state index is 12.6. The number of fused-ring (bicyclic) bond motifs is 5. The van der Waals surface area contributed by atoms with E-state index in [1.807, 2.05) is 37.3 Å². The first kappa shape index (κ1) is 22.2. The molecule has 32 heavy (non-hydrogen) atoms. The van der Waals surface area contributed by atoms with Crippen molar-refractivity contribution < 1.29 is 14.3 Å². The number of Topliss-reactive ketones (excluding diaryl/α,β-unsaturated/α-hetero) is 1. The van der Waals surface area contributed by atoms with Crippen molar-refractivity contribution in [1.82, 2.24) is 0 Å². The molecule has 5 rings (SSSR count). The number of esters is 1. The van der Waals surface area contributed by atoms with E-state index in [1.54, 1.807) is 0 Å². The van der Waals surface area contributed by atoms with E-state index in [9.17, 15) is 9.59 Å². The topological polar surface area (TPSA) is 43.4 Å². The highest BCUT2D eigenvalue weighted by Crippen LogP contribution is 2.66. The van der Waals surface area contributed by atoms with Crippen LogP contribution >= 0.6 is 0 Å². The Morgan fingerprint density at radius 2 is 1.59 bits per heavy atom. The maximum Gasteiger partial charge on any atom is 0.338 e. The Bertz CT molecular complexity index is 862. The normalized spacial score (nSPS) is 43.3. The molecule has 0 saturated heterocycles. The summed E-state index contributed by atoms with van der Waals surface area (Å²) in [6.45, 7) is 6.84. The summed E-state index contributed by atoms with van der Waals surface area (Å²) in [6, 6.07) is 9.42. The van der Waals surface area contributed by atoms with Crippen LogP contribution in [0.15, 0.2) is 30.3 Å². The van der Waals surface area contributed by atoms with Crippen molar-refractivity contribution in [3.05, 3.63) is 35.9 Å². The second-order valence-electron chi connectivity index (χ2n) is 12.0. The minimum Gasteiger partial charge on any atom is -0.459 e. The highest BCUT2D eigenvalue weighted by Gasteiger charge is 2.59. The van der Waals surface area contributed by atoms with Crippen molar-refractivity contribution in [2.45, 2.75) is 91.1 Å². The van der Waals surface area contributed by atoms with Crippen LogP contribution in [-0.2, 0) is 9.53 Å². The number of hydrogen-bond donors (Lipinski definition) is 0. The summed E-state index contributed by atoms with van der Waals surface area (Å²) in [5, 5.41) is 0. The molecule has 1 aromatic rings. The number of carbonyl (C=O) groups excluding carboxylic acids is 2. The van der Waals surface area contributed by atoms with Gasteiger partial charge in [0, 0.05) is 5.92 Å². The number of benzene rings is 1. The fraction of sp³-hybridized carbons (Fsp3) is 0.724. The first-order valence-corrected chi connectivity index (χ1v) is 13.1. The van der Waals surface area contributed by atoms with Crippen LogP contribution in [0.25, 0.3) is 0 Å². The lowest BCUT2D eigenvalue weighted by Gasteiger charge is -2.63. The zero-order valence-electron chi connectivity index (χ0n) is 20.1. The molecule has 0 unspecified atom stereocenters. The molecule has 3 heteroatoms. The predicted octanol–water partition coefficient (Wildman–Crippen LogP) is 6.85. The van der Waals surface area contributed by atoms with Gasteiger partial charge in [0.05, 0.1) is 5.56 Å². The zero-order valence-corrected chi connectivity index (χ0v) is 20.1. The number of ketones is 1. The summed E-state index contributed by atoms with van der Waals surface area (Å²) >= 11 is 0. The molecule has 3 nitrogen and oxygen atoms in total. The molecule has 4 aliphatic carbocycles. The van der Waals surface area contributed by atoms with Crippen LogP contribution in [0.4, 0.5) is 0 Å². The van der Waals surface area contributed by atoms with Crippen molar-refractivity contribution >= 4 is 11.8 Å². The molecule has 4 saturated carbocycles. The molecule has 0 amide bonds. The van der Waals surface area contributed by atoms with Gasteiger partial charge in [0.1, 0.15) is 11.9 Å². The molecular formula is C29H40O3. The molecule has 4 fully saturated rings. The predicted molar refractivity (Wildman–Crippen MR) is 126 cm³/mol. The van der Waals surface area contributed by atoms with E-state index < -0.39 is 0 Å². The lowest BCUT2D eigenvalue weighted by Crippen LogP contribution is -2.57.